The summed E-state index contributed by atoms with van der Waals surface area (Å²) in [5, 5.41) is 3.31. The first-order chi connectivity index (χ1) is 16.7. The molecule has 0 fully saturated rings. The van der Waals surface area contributed by atoms with Crippen molar-refractivity contribution < 1.29 is 9.47 Å². The molecule has 0 atom stereocenters. The van der Waals surface area contributed by atoms with Crippen molar-refractivity contribution in [3.63, 3.8) is 0 Å². The van der Waals surface area contributed by atoms with Crippen LogP contribution in [0.1, 0.15) is 11.1 Å². The number of nitrogen functional groups attached to an aromatic ring is 1. The Morgan fingerprint density at radius 1 is 0.794 bits per heavy atom. The van der Waals surface area contributed by atoms with Gasteiger partial charge in [0, 0.05) is 25.9 Å². The van der Waals surface area contributed by atoms with Crippen molar-refractivity contribution in [2.75, 3.05) is 36.3 Å². The van der Waals surface area contributed by atoms with Gasteiger partial charge in [0.25, 0.3) is 0 Å². The van der Waals surface area contributed by atoms with Gasteiger partial charge in [-0.2, -0.15) is 0 Å². The predicted octanol–water partition coefficient (Wildman–Crippen LogP) is 5.03. The van der Waals surface area contributed by atoms with Crippen LogP contribution in [0.2, 0.25) is 0 Å². The third-order valence-corrected chi connectivity index (χ3v) is 5.27. The van der Waals surface area contributed by atoms with Gasteiger partial charge in [-0.25, -0.2) is 9.97 Å². The molecule has 1 heterocycles. The monoisotopic (exact) mass is 455 g/mol. The number of nitrogens with one attached hydrogen (secondary N) is 1. The average Bonchev–Trinajstić information content (AvgIpc) is 2.87. The molecule has 0 saturated carbocycles. The van der Waals surface area contributed by atoms with E-state index in [9.17, 15) is 0 Å². The standard InChI is InChI=1S/C27H29N5O2/c1-33-16-17-34-24-14-12-23(13-15-24)31-26-25(28)27(30-20-29-26)32(18-21-8-4-2-5-9-21)19-22-10-6-3-7-11-22/h2-15,20H,16-19,28H2,1H3,(H,29,30,31). The Morgan fingerprint density at radius 2 is 1.41 bits per heavy atom. The van der Waals surface area contributed by atoms with Gasteiger partial charge in [-0.3, -0.25) is 0 Å². The van der Waals surface area contributed by atoms with Gasteiger partial charge < -0.3 is 25.4 Å². The summed E-state index contributed by atoms with van der Waals surface area (Å²) in [7, 11) is 1.65. The van der Waals surface area contributed by atoms with Crippen molar-refractivity contribution in [3.05, 3.63) is 102 Å². The highest BCUT2D eigenvalue weighted by Gasteiger charge is 2.17. The van der Waals surface area contributed by atoms with Crippen LogP contribution in [-0.4, -0.2) is 30.3 Å². The van der Waals surface area contributed by atoms with E-state index in [1.54, 1.807) is 13.4 Å². The number of anilines is 4. The van der Waals surface area contributed by atoms with Gasteiger partial charge in [0.15, 0.2) is 11.6 Å². The van der Waals surface area contributed by atoms with Crippen LogP contribution in [0, 0.1) is 0 Å². The fourth-order valence-corrected chi connectivity index (χ4v) is 3.57. The summed E-state index contributed by atoms with van der Waals surface area (Å²) >= 11 is 0. The zero-order valence-electron chi connectivity index (χ0n) is 19.2. The Hall–Kier alpha value is -4.10. The van der Waals surface area contributed by atoms with E-state index < -0.39 is 0 Å². The van der Waals surface area contributed by atoms with E-state index in [4.69, 9.17) is 15.2 Å². The second-order valence-corrected chi connectivity index (χ2v) is 7.78. The van der Waals surface area contributed by atoms with E-state index in [0.717, 1.165) is 11.4 Å². The Balaban J connectivity index is 1.55. The number of benzene rings is 3. The molecule has 0 bridgehead atoms. The quantitative estimate of drug-likeness (QED) is 0.307. The molecule has 0 aliphatic carbocycles. The SMILES string of the molecule is COCCOc1ccc(Nc2ncnc(N(Cc3ccccc3)Cc3ccccc3)c2N)cc1. The summed E-state index contributed by atoms with van der Waals surface area (Å²) in [5.74, 6) is 2.02. The predicted molar refractivity (Wildman–Crippen MR) is 136 cm³/mol. The van der Waals surface area contributed by atoms with Crippen LogP contribution in [0.5, 0.6) is 5.75 Å². The Bertz CT molecular complexity index is 1110. The van der Waals surface area contributed by atoms with Crippen LogP contribution < -0.4 is 20.7 Å². The number of ether oxygens (including phenoxy) is 2. The van der Waals surface area contributed by atoms with Gasteiger partial charge in [-0.15, -0.1) is 0 Å². The molecule has 7 heteroatoms. The van der Waals surface area contributed by atoms with Gasteiger partial charge >= 0.3 is 0 Å². The maximum absolute atomic E-state index is 6.58. The van der Waals surface area contributed by atoms with Gasteiger partial charge in [0.1, 0.15) is 24.4 Å². The second-order valence-electron chi connectivity index (χ2n) is 7.78. The summed E-state index contributed by atoms with van der Waals surface area (Å²) in [6.07, 6.45) is 1.54. The van der Waals surface area contributed by atoms with E-state index >= 15 is 0 Å². The average molecular weight is 456 g/mol. The molecule has 0 spiro atoms. The first-order valence-corrected chi connectivity index (χ1v) is 11.1. The summed E-state index contributed by atoms with van der Waals surface area (Å²) in [4.78, 5) is 11.1. The molecule has 174 valence electrons. The van der Waals surface area contributed by atoms with Gasteiger partial charge in [0.2, 0.25) is 0 Å². The molecule has 3 aromatic carbocycles. The van der Waals surface area contributed by atoms with E-state index in [2.05, 4.69) is 44.5 Å². The minimum Gasteiger partial charge on any atom is -0.491 e. The van der Waals surface area contributed by atoms with Crippen LogP contribution in [0.25, 0.3) is 0 Å². The molecule has 7 nitrogen and oxygen atoms in total. The number of hydrogen-bond acceptors (Lipinski definition) is 7. The molecule has 1 aromatic heterocycles. The van der Waals surface area contributed by atoms with E-state index in [0.29, 0.717) is 43.6 Å². The van der Waals surface area contributed by atoms with Crippen molar-refractivity contribution in [1.29, 1.82) is 0 Å². The number of aromatic nitrogens is 2. The molecule has 0 aliphatic heterocycles. The molecule has 4 aromatic rings. The lowest BCUT2D eigenvalue weighted by molar-refractivity contribution is 0.146. The number of hydrogen-bond donors (Lipinski definition) is 2. The van der Waals surface area contributed by atoms with E-state index in [1.165, 1.54) is 11.1 Å². The largest absolute Gasteiger partial charge is 0.491 e. The first-order valence-electron chi connectivity index (χ1n) is 11.1. The smallest absolute Gasteiger partial charge is 0.159 e. The lowest BCUT2D eigenvalue weighted by Crippen LogP contribution is -2.24. The number of rotatable bonds is 11. The summed E-state index contributed by atoms with van der Waals surface area (Å²) in [6.45, 7) is 2.39. The van der Waals surface area contributed by atoms with E-state index in [-0.39, 0.29) is 0 Å². The molecule has 4 rings (SSSR count). The van der Waals surface area contributed by atoms with E-state index in [1.807, 2.05) is 60.7 Å². The highest BCUT2D eigenvalue weighted by atomic mass is 16.5. The van der Waals surface area contributed by atoms with Gasteiger partial charge in [-0.05, 0) is 35.4 Å². The van der Waals surface area contributed by atoms with Gasteiger partial charge in [-0.1, -0.05) is 60.7 Å². The molecule has 0 saturated heterocycles. The lowest BCUT2D eigenvalue weighted by Gasteiger charge is -2.26. The maximum atomic E-state index is 6.58. The second kappa shape index (κ2) is 11.7. The molecular weight excluding hydrogens is 426 g/mol. The van der Waals surface area contributed by atoms with Crippen LogP contribution >= 0.6 is 0 Å². The zero-order valence-corrected chi connectivity index (χ0v) is 19.2. The minimum absolute atomic E-state index is 0.495. The minimum atomic E-state index is 0.495. The Labute approximate surface area is 200 Å². The fraction of sp³-hybridized carbons (Fsp3) is 0.185. The number of nitrogens with two attached hydrogens (primary N) is 1. The van der Waals surface area contributed by atoms with Crippen LogP contribution in [0.15, 0.2) is 91.3 Å². The number of nitrogens with zero attached hydrogens (tertiary/aromatic N) is 3. The van der Waals surface area contributed by atoms with Crippen molar-refractivity contribution in [1.82, 2.24) is 9.97 Å². The first kappa shape index (κ1) is 23.1. The van der Waals surface area contributed by atoms with Crippen molar-refractivity contribution >= 4 is 23.0 Å². The fourth-order valence-electron chi connectivity index (χ4n) is 3.57. The molecule has 0 radical (unpaired) electrons. The summed E-state index contributed by atoms with van der Waals surface area (Å²) in [6, 6.07) is 28.2. The highest BCUT2D eigenvalue weighted by molar-refractivity contribution is 5.78. The topological polar surface area (TPSA) is 85.5 Å². The lowest BCUT2D eigenvalue weighted by atomic mass is 10.1. The molecule has 0 amide bonds. The zero-order chi connectivity index (χ0) is 23.6. The molecule has 34 heavy (non-hydrogen) atoms. The van der Waals surface area contributed by atoms with Gasteiger partial charge in [0.05, 0.1) is 6.61 Å². The molecular formula is C27H29N5O2. The van der Waals surface area contributed by atoms with Crippen molar-refractivity contribution in [3.8, 4) is 5.75 Å². The molecule has 3 N–H and O–H groups in total. The summed E-state index contributed by atoms with van der Waals surface area (Å²) in [5.41, 5.74) is 10.3. The Kier molecular flexibility index (Phi) is 7.92. The third-order valence-electron chi connectivity index (χ3n) is 5.27. The van der Waals surface area contributed by atoms with Crippen molar-refractivity contribution in [2.45, 2.75) is 13.1 Å². The molecule has 0 aliphatic rings. The number of methoxy groups -OCH3 is 1. The Morgan fingerprint density at radius 3 is 2.00 bits per heavy atom. The molecule has 0 unspecified atom stereocenters. The summed E-state index contributed by atoms with van der Waals surface area (Å²) < 4.78 is 10.6. The third kappa shape index (κ3) is 6.24. The normalized spacial score (nSPS) is 10.6. The highest BCUT2D eigenvalue weighted by Crippen LogP contribution is 2.31. The van der Waals surface area contributed by atoms with Crippen molar-refractivity contribution in [2.24, 2.45) is 0 Å². The van der Waals surface area contributed by atoms with Crippen LogP contribution in [-0.2, 0) is 17.8 Å². The maximum Gasteiger partial charge on any atom is 0.159 e. The van der Waals surface area contributed by atoms with Crippen LogP contribution in [0.4, 0.5) is 23.0 Å². The van der Waals surface area contributed by atoms with Crippen LogP contribution in [0.3, 0.4) is 0 Å².